The van der Waals surface area contributed by atoms with Crippen LogP contribution in [0.4, 0.5) is 9.52 Å². The largest absolute Gasteiger partial charge is 0.375 e. The van der Waals surface area contributed by atoms with Crippen LogP contribution in [0.3, 0.4) is 0 Å². The highest BCUT2D eigenvalue weighted by Crippen LogP contribution is 2.31. The van der Waals surface area contributed by atoms with Gasteiger partial charge < -0.3 is 5.73 Å². The molecule has 0 fully saturated rings. The summed E-state index contributed by atoms with van der Waals surface area (Å²) in [6.07, 6.45) is 0. The molecular formula is C9H6BrFN2S. The summed E-state index contributed by atoms with van der Waals surface area (Å²) in [6, 6.07) is 4.83. The summed E-state index contributed by atoms with van der Waals surface area (Å²) in [7, 11) is 0. The van der Waals surface area contributed by atoms with Gasteiger partial charge in [0.25, 0.3) is 0 Å². The number of halogens is 2. The topological polar surface area (TPSA) is 38.9 Å². The zero-order valence-corrected chi connectivity index (χ0v) is 9.40. The van der Waals surface area contributed by atoms with Crippen LogP contribution in [0.25, 0.3) is 11.3 Å². The molecule has 0 unspecified atom stereocenters. The van der Waals surface area contributed by atoms with Gasteiger partial charge in [0.05, 0.1) is 10.2 Å². The van der Waals surface area contributed by atoms with E-state index in [1.54, 1.807) is 17.5 Å². The van der Waals surface area contributed by atoms with E-state index in [-0.39, 0.29) is 5.82 Å². The second kappa shape index (κ2) is 3.67. The van der Waals surface area contributed by atoms with Gasteiger partial charge in [-0.15, -0.1) is 11.3 Å². The summed E-state index contributed by atoms with van der Waals surface area (Å²) in [4.78, 5) is 4.08. The fourth-order valence-corrected chi connectivity index (χ4v) is 2.14. The van der Waals surface area contributed by atoms with E-state index in [9.17, 15) is 4.39 Å². The molecule has 72 valence electrons. The quantitative estimate of drug-likeness (QED) is 0.865. The molecule has 0 atom stereocenters. The Morgan fingerprint density at radius 2 is 2.21 bits per heavy atom. The number of rotatable bonds is 1. The van der Waals surface area contributed by atoms with Crippen LogP contribution in [0.15, 0.2) is 28.1 Å². The van der Waals surface area contributed by atoms with E-state index in [2.05, 4.69) is 20.9 Å². The lowest BCUT2D eigenvalue weighted by atomic mass is 10.2. The Morgan fingerprint density at radius 1 is 1.43 bits per heavy atom. The van der Waals surface area contributed by atoms with E-state index in [0.29, 0.717) is 15.3 Å². The van der Waals surface area contributed by atoms with Crippen LogP contribution in [0.1, 0.15) is 0 Å². The predicted octanol–water partition coefficient (Wildman–Crippen LogP) is 3.29. The molecule has 0 aliphatic carbocycles. The molecule has 5 heteroatoms. The van der Waals surface area contributed by atoms with Gasteiger partial charge in [-0.05, 0) is 22.0 Å². The minimum atomic E-state index is -0.297. The Balaban J connectivity index is 2.57. The summed E-state index contributed by atoms with van der Waals surface area (Å²) in [5.41, 5.74) is 6.92. The van der Waals surface area contributed by atoms with Crippen molar-refractivity contribution in [2.75, 3.05) is 5.73 Å². The standard InChI is InChI=1S/C9H6BrFN2S/c10-8-5(2-1-3-6(8)11)7-4-14-9(12)13-7/h1-4H,(H2,12,13). The lowest BCUT2D eigenvalue weighted by Gasteiger charge is -2.00. The second-order valence-corrected chi connectivity index (χ2v) is 4.36. The zero-order chi connectivity index (χ0) is 10.1. The highest BCUT2D eigenvalue weighted by atomic mass is 79.9. The fraction of sp³-hybridized carbons (Fsp3) is 0. The number of thiazole rings is 1. The molecule has 0 spiro atoms. The van der Waals surface area contributed by atoms with Gasteiger partial charge in [0.1, 0.15) is 5.82 Å². The molecular weight excluding hydrogens is 267 g/mol. The van der Waals surface area contributed by atoms with Crippen molar-refractivity contribution >= 4 is 32.4 Å². The molecule has 1 aromatic heterocycles. The monoisotopic (exact) mass is 272 g/mol. The Kier molecular flexibility index (Phi) is 2.52. The highest BCUT2D eigenvalue weighted by molar-refractivity contribution is 9.10. The number of hydrogen-bond donors (Lipinski definition) is 1. The number of aromatic nitrogens is 1. The average molecular weight is 273 g/mol. The van der Waals surface area contributed by atoms with Crippen molar-refractivity contribution in [3.05, 3.63) is 33.9 Å². The maximum absolute atomic E-state index is 13.2. The predicted molar refractivity (Wildman–Crippen MR) is 59.6 cm³/mol. The summed E-state index contributed by atoms with van der Waals surface area (Å²) >= 11 is 4.51. The Bertz CT molecular complexity index is 470. The molecule has 0 saturated carbocycles. The van der Waals surface area contributed by atoms with Crippen LogP contribution in [0, 0.1) is 5.82 Å². The van der Waals surface area contributed by atoms with Gasteiger partial charge in [-0.2, -0.15) is 0 Å². The summed E-state index contributed by atoms with van der Waals surface area (Å²) in [5, 5.41) is 2.28. The lowest BCUT2D eigenvalue weighted by Crippen LogP contribution is -1.86. The van der Waals surface area contributed by atoms with E-state index in [4.69, 9.17) is 5.73 Å². The van der Waals surface area contributed by atoms with Gasteiger partial charge in [0, 0.05) is 10.9 Å². The fourth-order valence-electron chi connectivity index (χ4n) is 1.11. The van der Waals surface area contributed by atoms with Gasteiger partial charge in [-0.3, -0.25) is 0 Å². The molecule has 0 amide bonds. The number of nitrogen functional groups attached to an aromatic ring is 1. The van der Waals surface area contributed by atoms with Crippen molar-refractivity contribution in [1.29, 1.82) is 0 Å². The van der Waals surface area contributed by atoms with Crippen molar-refractivity contribution in [2.45, 2.75) is 0 Å². The van der Waals surface area contributed by atoms with Crippen molar-refractivity contribution in [1.82, 2.24) is 4.98 Å². The Labute approximate surface area is 92.7 Å². The van der Waals surface area contributed by atoms with Gasteiger partial charge in [0.15, 0.2) is 5.13 Å². The smallest absolute Gasteiger partial charge is 0.180 e. The summed E-state index contributed by atoms with van der Waals surface area (Å²) in [6.45, 7) is 0. The molecule has 1 heterocycles. The van der Waals surface area contributed by atoms with Crippen LogP contribution in [0.2, 0.25) is 0 Å². The molecule has 0 saturated heterocycles. The van der Waals surface area contributed by atoms with Crippen molar-refractivity contribution in [3.8, 4) is 11.3 Å². The molecule has 1 aromatic carbocycles. The second-order valence-electron chi connectivity index (χ2n) is 2.67. The van der Waals surface area contributed by atoms with Crippen LogP contribution < -0.4 is 5.73 Å². The third-order valence-corrected chi connectivity index (χ3v) is 3.23. The normalized spacial score (nSPS) is 10.4. The van der Waals surface area contributed by atoms with Crippen LogP contribution >= 0.6 is 27.3 Å². The zero-order valence-electron chi connectivity index (χ0n) is 7.00. The van der Waals surface area contributed by atoms with E-state index < -0.39 is 0 Å². The molecule has 0 bridgehead atoms. The number of nitrogens with zero attached hydrogens (tertiary/aromatic N) is 1. The van der Waals surface area contributed by atoms with Gasteiger partial charge >= 0.3 is 0 Å². The molecule has 14 heavy (non-hydrogen) atoms. The molecule has 2 rings (SSSR count). The van der Waals surface area contributed by atoms with Crippen molar-refractivity contribution in [3.63, 3.8) is 0 Å². The Morgan fingerprint density at radius 3 is 2.86 bits per heavy atom. The van der Waals surface area contributed by atoms with Gasteiger partial charge in [0.2, 0.25) is 0 Å². The Hall–Kier alpha value is -0.940. The molecule has 2 nitrogen and oxygen atoms in total. The molecule has 2 aromatic rings. The number of anilines is 1. The maximum Gasteiger partial charge on any atom is 0.180 e. The lowest BCUT2D eigenvalue weighted by molar-refractivity contribution is 0.621. The summed E-state index contributed by atoms with van der Waals surface area (Å²) in [5.74, 6) is -0.297. The molecule has 0 aliphatic heterocycles. The van der Waals surface area contributed by atoms with E-state index in [1.807, 2.05) is 0 Å². The van der Waals surface area contributed by atoms with E-state index in [0.717, 1.165) is 5.56 Å². The maximum atomic E-state index is 13.2. The average Bonchev–Trinajstić information content (AvgIpc) is 2.57. The molecule has 0 radical (unpaired) electrons. The minimum Gasteiger partial charge on any atom is -0.375 e. The first-order valence-electron chi connectivity index (χ1n) is 3.84. The minimum absolute atomic E-state index is 0.297. The van der Waals surface area contributed by atoms with Crippen LogP contribution in [0.5, 0.6) is 0 Å². The first-order valence-corrected chi connectivity index (χ1v) is 5.51. The number of nitrogens with two attached hydrogens (primary N) is 1. The highest BCUT2D eigenvalue weighted by Gasteiger charge is 2.09. The molecule has 0 aliphatic rings. The third kappa shape index (κ3) is 1.65. The first kappa shape index (κ1) is 9.61. The van der Waals surface area contributed by atoms with Crippen LogP contribution in [-0.4, -0.2) is 4.98 Å². The summed E-state index contributed by atoms with van der Waals surface area (Å²) < 4.78 is 13.6. The van der Waals surface area contributed by atoms with Crippen molar-refractivity contribution < 1.29 is 4.39 Å². The van der Waals surface area contributed by atoms with Crippen LogP contribution in [-0.2, 0) is 0 Å². The third-order valence-electron chi connectivity index (χ3n) is 1.75. The van der Waals surface area contributed by atoms with E-state index >= 15 is 0 Å². The van der Waals surface area contributed by atoms with E-state index in [1.165, 1.54) is 17.4 Å². The number of hydrogen-bond acceptors (Lipinski definition) is 3. The number of benzene rings is 1. The van der Waals surface area contributed by atoms with Gasteiger partial charge in [-0.25, -0.2) is 9.37 Å². The first-order chi connectivity index (χ1) is 6.68. The SMILES string of the molecule is Nc1nc(-c2cccc(F)c2Br)cs1. The van der Waals surface area contributed by atoms with Gasteiger partial charge in [-0.1, -0.05) is 12.1 Å². The molecule has 2 N–H and O–H groups in total. The van der Waals surface area contributed by atoms with Crippen molar-refractivity contribution in [2.24, 2.45) is 0 Å².